The zero-order valence-electron chi connectivity index (χ0n) is 12.2. The van der Waals surface area contributed by atoms with Gasteiger partial charge in [-0.2, -0.15) is 10.4 Å². The highest BCUT2D eigenvalue weighted by Crippen LogP contribution is 2.12. The molecule has 112 valence electrons. The minimum Gasteiger partial charge on any atom is -0.322 e. The van der Waals surface area contributed by atoms with Crippen molar-refractivity contribution >= 4 is 11.6 Å². The zero-order valence-corrected chi connectivity index (χ0v) is 12.2. The predicted molar refractivity (Wildman–Crippen MR) is 84.7 cm³/mol. The van der Waals surface area contributed by atoms with Gasteiger partial charge in [0.05, 0.1) is 18.2 Å². The van der Waals surface area contributed by atoms with Gasteiger partial charge >= 0.3 is 0 Å². The lowest BCUT2D eigenvalue weighted by molar-refractivity contribution is 0.102. The van der Waals surface area contributed by atoms with Gasteiger partial charge in [-0.3, -0.25) is 4.79 Å². The third kappa shape index (κ3) is 3.60. The van der Waals surface area contributed by atoms with Crippen LogP contribution in [0.25, 0.3) is 0 Å². The van der Waals surface area contributed by atoms with E-state index in [0.717, 1.165) is 5.56 Å². The molecule has 0 fully saturated rings. The maximum absolute atomic E-state index is 12.2. The van der Waals surface area contributed by atoms with E-state index in [2.05, 4.69) is 15.4 Å². The first-order chi connectivity index (χ1) is 11.2. The molecule has 3 rings (SSSR count). The van der Waals surface area contributed by atoms with Gasteiger partial charge in [-0.05, 0) is 35.9 Å². The monoisotopic (exact) mass is 303 g/mol. The van der Waals surface area contributed by atoms with Gasteiger partial charge in [-0.25, -0.2) is 9.67 Å². The number of nitrogens with zero attached hydrogens (tertiary/aromatic N) is 4. The van der Waals surface area contributed by atoms with Gasteiger partial charge in [0.25, 0.3) is 5.91 Å². The fourth-order valence-electron chi connectivity index (χ4n) is 2.13. The predicted octanol–water partition coefficient (Wildman–Crippen LogP) is 2.45. The molecule has 2 aromatic carbocycles. The third-order valence-electron chi connectivity index (χ3n) is 3.28. The number of aromatic nitrogens is 3. The maximum atomic E-state index is 12.2. The van der Waals surface area contributed by atoms with E-state index < -0.39 is 0 Å². The van der Waals surface area contributed by atoms with Gasteiger partial charge in [0.1, 0.15) is 12.7 Å². The number of hydrogen-bond acceptors (Lipinski definition) is 4. The highest BCUT2D eigenvalue weighted by atomic mass is 16.1. The molecule has 0 saturated heterocycles. The zero-order chi connectivity index (χ0) is 16.1. The number of carbonyl (C=O) groups excluding carboxylic acids is 1. The Morgan fingerprint density at radius 3 is 2.74 bits per heavy atom. The van der Waals surface area contributed by atoms with Crippen LogP contribution >= 0.6 is 0 Å². The number of carbonyl (C=O) groups is 1. The van der Waals surface area contributed by atoms with Crippen LogP contribution in [0.1, 0.15) is 21.5 Å². The molecule has 0 unspecified atom stereocenters. The van der Waals surface area contributed by atoms with Crippen LogP contribution in [0, 0.1) is 11.3 Å². The molecule has 0 atom stereocenters. The molecule has 3 aromatic rings. The van der Waals surface area contributed by atoms with Crippen molar-refractivity contribution < 1.29 is 4.79 Å². The van der Waals surface area contributed by atoms with Crippen LogP contribution < -0.4 is 5.32 Å². The summed E-state index contributed by atoms with van der Waals surface area (Å²) in [4.78, 5) is 16.1. The molecule has 6 heteroatoms. The summed E-state index contributed by atoms with van der Waals surface area (Å²) in [6, 6.07) is 16.1. The van der Waals surface area contributed by atoms with Crippen molar-refractivity contribution in [3.8, 4) is 6.07 Å². The normalized spacial score (nSPS) is 10.0. The smallest absolute Gasteiger partial charge is 0.255 e. The summed E-state index contributed by atoms with van der Waals surface area (Å²) >= 11 is 0. The minimum absolute atomic E-state index is 0.215. The molecule has 0 radical (unpaired) electrons. The van der Waals surface area contributed by atoms with Gasteiger partial charge in [0, 0.05) is 11.3 Å². The van der Waals surface area contributed by atoms with E-state index in [0.29, 0.717) is 23.4 Å². The van der Waals surface area contributed by atoms with E-state index in [1.54, 1.807) is 47.4 Å². The molecule has 1 aromatic heterocycles. The highest BCUT2D eigenvalue weighted by molar-refractivity contribution is 6.04. The number of rotatable bonds is 4. The number of nitriles is 1. The standard InChI is InChI=1S/C17H13N5O/c18-9-14-2-1-3-16(8-14)21-17(23)15-6-4-13(5-7-15)10-22-12-19-11-20-22/h1-8,11-12H,10H2,(H,21,23). The summed E-state index contributed by atoms with van der Waals surface area (Å²) in [5.74, 6) is -0.215. The first kappa shape index (κ1) is 14.5. The van der Waals surface area contributed by atoms with Gasteiger partial charge in [-0.1, -0.05) is 18.2 Å². The van der Waals surface area contributed by atoms with Crippen LogP contribution in [0.5, 0.6) is 0 Å². The summed E-state index contributed by atoms with van der Waals surface area (Å²) in [6.45, 7) is 0.603. The van der Waals surface area contributed by atoms with E-state index in [1.165, 1.54) is 6.33 Å². The van der Waals surface area contributed by atoms with Gasteiger partial charge in [0.15, 0.2) is 0 Å². The molecule has 0 aliphatic carbocycles. The Morgan fingerprint density at radius 1 is 1.22 bits per heavy atom. The molecular formula is C17H13N5O. The second kappa shape index (κ2) is 6.54. The second-order valence-corrected chi connectivity index (χ2v) is 4.94. The van der Waals surface area contributed by atoms with Crippen molar-refractivity contribution in [1.82, 2.24) is 14.8 Å². The Labute approximate surface area is 133 Å². The molecule has 0 bridgehead atoms. The third-order valence-corrected chi connectivity index (χ3v) is 3.28. The molecule has 1 N–H and O–H groups in total. The van der Waals surface area contributed by atoms with Crippen molar-refractivity contribution in [2.75, 3.05) is 5.32 Å². The Hall–Kier alpha value is -3.46. The molecule has 0 saturated carbocycles. The van der Waals surface area contributed by atoms with E-state index in [1.807, 2.05) is 18.2 Å². The molecular weight excluding hydrogens is 290 g/mol. The molecule has 0 aliphatic rings. The summed E-state index contributed by atoms with van der Waals surface area (Å²) in [5, 5.41) is 15.7. The number of anilines is 1. The molecule has 6 nitrogen and oxygen atoms in total. The van der Waals surface area contributed by atoms with Crippen LogP contribution in [0.3, 0.4) is 0 Å². The van der Waals surface area contributed by atoms with Crippen LogP contribution in [0.4, 0.5) is 5.69 Å². The largest absolute Gasteiger partial charge is 0.322 e. The van der Waals surface area contributed by atoms with Gasteiger partial charge in [-0.15, -0.1) is 0 Å². The van der Waals surface area contributed by atoms with E-state index in [9.17, 15) is 4.79 Å². The van der Waals surface area contributed by atoms with E-state index in [4.69, 9.17) is 5.26 Å². The SMILES string of the molecule is N#Cc1cccc(NC(=O)c2ccc(Cn3cncn3)cc2)c1. The number of benzene rings is 2. The highest BCUT2D eigenvalue weighted by Gasteiger charge is 2.07. The van der Waals surface area contributed by atoms with Crippen LogP contribution in [0.2, 0.25) is 0 Å². The van der Waals surface area contributed by atoms with Crippen molar-refractivity contribution in [2.24, 2.45) is 0 Å². The quantitative estimate of drug-likeness (QED) is 0.802. The van der Waals surface area contributed by atoms with Crippen LogP contribution in [-0.4, -0.2) is 20.7 Å². The lowest BCUT2D eigenvalue weighted by Crippen LogP contribution is -2.12. The fraction of sp³-hybridized carbons (Fsp3) is 0.0588. The van der Waals surface area contributed by atoms with Crippen molar-refractivity contribution in [3.05, 3.63) is 77.9 Å². The average Bonchev–Trinajstić information content (AvgIpc) is 3.08. The molecule has 23 heavy (non-hydrogen) atoms. The van der Waals surface area contributed by atoms with Crippen molar-refractivity contribution in [3.63, 3.8) is 0 Å². The molecule has 0 spiro atoms. The number of hydrogen-bond donors (Lipinski definition) is 1. The first-order valence-electron chi connectivity index (χ1n) is 6.97. The number of nitrogens with one attached hydrogen (secondary N) is 1. The topological polar surface area (TPSA) is 83.6 Å². The first-order valence-corrected chi connectivity index (χ1v) is 6.97. The van der Waals surface area contributed by atoms with E-state index >= 15 is 0 Å². The summed E-state index contributed by atoms with van der Waals surface area (Å²) in [5.41, 5.74) is 2.68. The lowest BCUT2D eigenvalue weighted by Gasteiger charge is -2.07. The van der Waals surface area contributed by atoms with Crippen LogP contribution in [0.15, 0.2) is 61.2 Å². The van der Waals surface area contributed by atoms with E-state index in [-0.39, 0.29) is 5.91 Å². The lowest BCUT2D eigenvalue weighted by atomic mass is 10.1. The van der Waals surface area contributed by atoms with Crippen molar-refractivity contribution in [2.45, 2.75) is 6.54 Å². The van der Waals surface area contributed by atoms with Gasteiger partial charge < -0.3 is 5.32 Å². The molecule has 1 heterocycles. The Balaban J connectivity index is 1.69. The summed E-state index contributed by atoms with van der Waals surface area (Å²) in [7, 11) is 0. The maximum Gasteiger partial charge on any atom is 0.255 e. The molecule has 1 amide bonds. The average molecular weight is 303 g/mol. The Kier molecular flexibility index (Phi) is 4.11. The van der Waals surface area contributed by atoms with Gasteiger partial charge in [0.2, 0.25) is 0 Å². The summed E-state index contributed by atoms with van der Waals surface area (Å²) < 4.78 is 1.71. The Bertz CT molecular complexity index is 847. The summed E-state index contributed by atoms with van der Waals surface area (Å²) in [6.07, 6.45) is 3.12. The second-order valence-electron chi connectivity index (χ2n) is 4.94. The van der Waals surface area contributed by atoms with Crippen molar-refractivity contribution in [1.29, 1.82) is 5.26 Å². The molecule has 0 aliphatic heterocycles. The Morgan fingerprint density at radius 2 is 2.04 bits per heavy atom. The fourth-order valence-corrected chi connectivity index (χ4v) is 2.13. The number of amides is 1. The minimum atomic E-state index is -0.215. The van der Waals surface area contributed by atoms with Crippen LogP contribution in [-0.2, 0) is 6.54 Å².